The van der Waals surface area contributed by atoms with Crippen LogP contribution in [0.15, 0.2) is 85.5 Å². The molecule has 178 valence electrons. The third kappa shape index (κ3) is 4.12. The predicted octanol–water partition coefficient (Wildman–Crippen LogP) is 6.42. The smallest absolute Gasteiger partial charge is 0.253 e. The van der Waals surface area contributed by atoms with Crippen molar-refractivity contribution in [3.05, 3.63) is 107 Å². The van der Waals surface area contributed by atoms with Crippen LogP contribution in [0.4, 0.5) is 0 Å². The number of amides is 1. The topological polar surface area (TPSA) is 63.9 Å². The Morgan fingerprint density at radius 2 is 1.78 bits per heavy atom. The van der Waals surface area contributed by atoms with E-state index in [-0.39, 0.29) is 5.91 Å². The van der Waals surface area contributed by atoms with E-state index in [4.69, 9.17) is 28.2 Å². The van der Waals surface area contributed by atoms with E-state index >= 15 is 0 Å². The molecular weight excluding hydrogens is 493 g/mol. The quantitative estimate of drug-likeness (QED) is 0.278. The van der Waals surface area contributed by atoms with Crippen LogP contribution in [0.2, 0.25) is 10.0 Å². The number of carbonyl (C=O) groups is 1. The number of likely N-dealkylation sites (tertiary alicyclic amines) is 1. The maximum absolute atomic E-state index is 13.4. The number of aromatic nitrogens is 4. The molecule has 0 radical (unpaired) electrons. The highest BCUT2D eigenvalue weighted by atomic mass is 35.5. The number of halogens is 2. The fourth-order valence-corrected chi connectivity index (χ4v) is 5.32. The lowest BCUT2D eigenvalue weighted by atomic mass is 10.0. The predicted molar refractivity (Wildman–Crippen MR) is 142 cm³/mol. The van der Waals surface area contributed by atoms with Crippen molar-refractivity contribution in [1.82, 2.24) is 24.4 Å². The zero-order valence-corrected chi connectivity index (χ0v) is 20.7. The number of hydrogen-bond acceptors (Lipinski definition) is 4. The molecule has 1 unspecified atom stereocenters. The Bertz CT molecular complexity index is 1570. The Hall–Kier alpha value is -3.74. The largest absolute Gasteiger partial charge is 0.338 e. The van der Waals surface area contributed by atoms with Gasteiger partial charge >= 0.3 is 0 Å². The van der Waals surface area contributed by atoms with Crippen molar-refractivity contribution in [2.45, 2.75) is 12.3 Å². The lowest BCUT2D eigenvalue weighted by molar-refractivity contribution is 0.0791. The van der Waals surface area contributed by atoms with Crippen LogP contribution in [-0.2, 0) is 0 Å². The van der Waals surface area contributed by atoms with Gasteiger partial charge in [0.05, 0.1) is 27.9 Å². The molecule has 0 saturated carbocycles. The molecule has 1 fully saturated rings. The molecule has 1 saturated heterocycles. The van der Waals surface area contributed by atoms with Gasteiger partial charge in [0.15, 0.2) is 0 Å². The van der Waals surface area contributed by atoms with Crippen LogP contribution >= 0.6 is 23.2 Å². The molecule has 8 heteroatoms. The number of rotatable bonds is 4. The molecule has 2 aromatic carbocycles. The summed E-state index contributed by atoms with van der Waals surface area (Å²) in [6, 6.07) is 18.9. The molecule has 1 atom stereocenters. The van der Waals surface area contributed by atoms with Gasteiger partial charge in [0, 0.05) is 53.7 Å². The summed E-state index contributed by atoms with van der Waals surface area (Å²) in [4.78, 5) is 28.8. The Morgan fingerprint density at radius 1 is 0.944 bits per heavy atom. The summed E-state index contributed by atoms with van der Waals surface area (Å²) in [5, 5.41) is 1.05. The molecule has 6 rings (SSSR count). The Morgan fingerprint density at radius 3 is 2.53 bits per heavy atom. The number of nitrogens with zero attached hydrogens (tertiary/aromatic N) is 5. The van der Waals surface area contributed by atoms with Crippen molar-refractivity contribution < 1.29 is 4.79 Å². The summed E-state index contributed by atoms with van der Waals surface area (Å²) < 4.78 is 2.00. The van der Waals surface area contributed by atoms with E-state index < -0.39 is 0 Å². The Labute approximate surface area is 218 Å². The monoisotopic (exact) mass is 513 g/mol. The average molecular weight is 514 g/mol. The molecule has 0 spiro atoms. The van der Waals surface area contributed by atoms with Gasteiger partial charge in [0.25, 0.3) is 5.91 Å². The van der Waals surface area contributed by atoms with E-state index in [0.717, 1.165) is 23.2 Å². The molecule has 1 aliphatic rings. The average Bonchev–Trinajstić information content (AvgIpc) is 3.54. The maximum Gasteiger partial charge on any atom is 0.253 e. The minimum absolute atomic E-state index is 0.00490. The van der Waals surface area contributed by atoms with Gasteiger partial charge in [-0.25, -0.2) is 4.98 Å². The molecule has 6 nitrogen and oxygen atoms in total. The van der Waals surface area contributed by atoms with Crippen molar-refractivity contribution in [1.29, 1.82) is 0 Å². The van der Waals surface area contributed by atoms with Crippen molar-refractivity contribution in [2.75, 3.05) is 13.1 Å². The fourth-order valence-electron chi connectivity index (χ4n) is 4.83. The van der Waals surface area contributed by atoms with Crippen molar-refractivity contribution in [3.63, 3.8) is 0 Å². The molecule has 1 aliphatic heterocycles. The minimum Gasteiger partial charge on any atom is -0.338 e. The zero-order valence-electron chi connectivity index (χ0n) is 19.2. The molecule has 5 aromatic rings. The first kappa shape index (κ1) is 22.7. The van der Waals surface area contributed by atoms with Crippen LogP contribution in [0.1, 0.15) is 28.3 Å². The number of hydrogen-bond donors (Lipinski definition) is 0. The summed E-state index contributed by atoms with van der Waals surface area (Å²) in [7, 11) is 0. The van der Waals surface area contributed by atoms with Crippen molar-refractivity contribution >= 4 is 40.1 Å². The van der Waals surface area contributed by atoms with Crippen LogP contribution in [0.5, 0.6) is 0 Å². The number of carbonyl (C=O) groups excluding carboxylic acids is 1. The van der Waals surface area contributed by atoms with E-state index in [1.807, 2.05) is 58.1 Å². The van der Waals surface area contributed by atoms with Crippen molar-refractivity contribution in [2.24, 2.45) is 0 Å². The molecule has 1 amide bonds. The van der Waals surface area contributed by atoms with Gasteiger partial charge in [0.2, 0.25) is 0 Å². The second kappa shape index (κ2) is 9.37. The highest BCUT2D eigenvalue weighted by molar-refractivity contribution is 6.36. The molecular formula is C28H21Cl2N5O. The molecule has 0 bridgehead atoms. The van der Waals surface area contributed by atoms with Crippen molar-refractivity contribution in [3.8, 4) is 17.1 Å². The third-order valence-electron chi connectivity index (χ3n) is 6.61. The van der Waals surface area contributed by atoms with Gasteiger partial charge in [-0.1, -0.05) is 29.3 Å². The summed E-state index contributed by atoms with van der Waals surface area (Å²) in [6.07, 6.45) is 8.08. The highest BCUT2D eigenvalue weighted by Gasteiger charge is 2.28. The first-order chi connectivity index (χ1) is 17.6. The number of fused-ring (bicyclic) bond motifs is 1. The summed E-state index contributed by atoms with van der Waals surface area (Å²) >= 11 is 12.7. The van der Waals surface area contributed by atoms with Crippen LogP contribution in [0.3, 0.4) is 0 Å². The molecule has 0 aliphatic carbocycles. The van der Waals surface area contributed by atoms with Gasteiger partial charge in [0.1, 0.15) is 5.82 Å². The van der Waals surface area contributed by atoms with E-state index in [1.54, 1.807) is 30.7 Å². The normalized spacial score (nSPS) is 15.5. The van der Waals surface area contributed by atoms with Crippen LogP contribution in [0, 0.1) is 0 Å². The van der Waals surface area contributed by atoms with Gasteiger partial charge in [-0.2, -0.15) is 0 Å². The van der Waals surface area contributed by atoms with Crippen LogP contribution in [0.25, 0.3) is 28.1 Å². The van der Waals surface area contributed by atoms with Gasteiger partial charge in [-0.15, -0.1) is 0 Å². The lowest BCUT2D eigenvalue weighted by Crippen LogP contribution is -2.28. The number of imidazole rings is 1. The van der Waals surface area contributed by atoms with Gasteiger partial charge < -0.3 is 4.90 Å². The Balaban J connectivity index is 1.39. The third-order valence-corrected chi connectivity index (χ3v) is 7.16. The first-order valence-corrected chi connectivity index (χ1v) is 12.4. The van der Waals surface area contributed by atoms with E-state index in [9.17, 15) is 4.79 Å². The zero-order chi connectivity index (χ0) is 24.6. The standard InChI is InChI=1S/C28H21Cl2N5O/c29-21-6-7-23(24(30)14-21)27-33-25-13-18(5-8-26(25)35(27)22-4-2-11-32-16-22)28(36)34-12-9-20(17-34)19-3-1-10-31-15-19/h1-8,10-11,13-16,20H,9,12,17H2. The molecule has 3 aromatic heterocycles. The lowest BCUT2D eigenvalue weighted by Gasteiger charge is -2.17. The second-order valence-corrected chi connectivity index (χ2v) is 9.68. The number of pyridine rings is 2. The first-order valence-electron chi connectivity index (χ1n) is 11.7. The summed E-state index contributed by atoms with van der Waals surface area (Å²) in [5.41, 5.74) is 4.93. The van der Waals surface area contributed by atoms with E-state index in [1.165, 1.54) is 5.56 Å². The summed E-state index contributed by atoms with van der Waals surface area (Å²) in [6.45, 7) is 1.39. The van der Waals surface area contributed by atoms with E-state index in [0.29, 0.717) is 46.0 Å². The van der Waals surface area contributed by atoms with Gasteiger partial charge in [-0.05, 0) is 66.6 Å². The number of benzene rings is 2. The van der Waals surface area contributed by atoms with E-state index in [2.05, 4.69) is 16.0 Å². The minimum atomic E-state index is 0.00490. The van der Waals surface area contributed by atoms with Crippen LogP contribution in [-0.4, -0.2) is 43.4 Å². The van der Waals surface area contributed by atoms with Crippen LogP contribution < -0.4 is 0 Å². The molecule has 0 N–H and O–H groups in total. The highest BCUT2D eigenvalue weighted by Crippen LogP contribution is 2.35. The second-order valence-electron chi connectivity index (χ2n) is 8.83. The fraction of sp³-hybridized carbons (Fsp3) is 0.143. The Kier molecular flexibility index (Phi) is 5.91. The van der Waals surface area contributed by atoms with Gasteiger partial charge in [-0.3, -0.25) is 19.3 Å². The SMILES string of the molecule is O=C(c1ccc2c(c1)nc(-c1ccc(Cl)cc1Cl)n2-c1cccnc1)N1CCC(c2cccnc2)C1. The molecule has 4 heterocycles. The molecule has 36 heavy (non-hydrogen) atoms. The summed E-state index contributed by atoms with van der Waals surface area (Å²) in [5.74, 6) is 0.960. The maximum atomic E-state index is 13.4.